The van der Waals surface area contributed by atoms with E-state index in [1.165, 1.54) is 16.9 Å². The van der Waals surface area contributed by atoms with Gasteiger partial charge in [-0.1, -0.05) is 18.2 Å². The van der Waals surface area contributed by atoms with E-state index in [2.05, 4.69) is 11.1 Å². The molecule has 1 aliphatic carbocycles. The van der Waals surface area contributed by atoms with E-state index in [0.29, 0.717) is 23.7 Å². The number of hydrogen-bond acceptors (Lipinski definition) is 5. The number of nitrogens with zero attached hydrogens (tertiary/aromatic N) is 2. The Morgan fingerprint density at radius 3 is 2.73 bits per heavy atom. The van der Waals surface area contributed by atoms with Gasteiger partial charge in [-0.05, 0) is 61.6 Å². The van der Waals surface area contributed by atoms with Crippen LogP contribution in [0.2, 0.25) is 0 Å². The highest BCUT2D eigenvalue weighted by atomic mass is 32.1. The summed E-state index contributed by atoms with van der Waals surface area (Å²) >= 11 is 1.65. The standard InChI is InChI=1S/C24H19N3O2S/c25-13-16-5-1-2-6-17(16)14-29-18-11-9-15(10-12-18)22-26-23(28)21-19-7-3-4-8-20(19)30-24(21)27-22/h1-2,5-6,9-12H,3-4,7-8,14H2,(H,26,27,28). The molecule has 0 aliphatic heterocycles. The number of nitrogens with one attached hydrogen (secondary N) is 1. The number of ether oxygens (including phenoxy) is 1. The van der Waals surface area contributed by atoms with Crippen molar-refractivity contribution in [2.45, 2.75) is 32.3 Å². The molecule has 0 fully saturated rings. The molecule has 0 atom stereocenters. The van der Waals surface area contributed by atoms with Crippen molar-refractivity contribution in [2.24, 2.45) is 0 Å². The highest BCUT2D eigenvalue weighted by Gasteiger charge is 2.20. The van der Waals surface area contributed by atoms with Gasteiger partial charge in [0, 0.05) is 16.0 Å². The molecule has 0 unspecified atom stereocenters. The van der Waals surface area contributed by atoms with E-state index in [4.69, 9.17) is 9.72 Å². The summed E-state index contributed by atoms with van der Waals surface area (Å²) in [6, 6.07) is 17.1. The highest BCUT2D eigenvalue weighted by Crippen LogP contribution is 2.34. The molecule has 5 rings (SSSR count). The first-order chi connectivity index (χ1) is 14.7. The number of H-pyrrole nitrogens is 1. The lowest BCUT2D eigenvalue weighted by atomic mass is 9.97. The minimum atomic E-state index is -0.0529. The lowest BCUT2D eigenvalue weighted by molar-refractivity contribution is 0.306. The molecule has 0 amide bonds. The topological polar surface area (TPSA) is 78.8 Å². The van der Waals surface area contributed by atoms with E-state index in [1.807, 2.05) is 42.5 Å². The Bertz CT molecular complexity index is 1330. The average Bonchev–Trinajstić information content (AvgIpc) is 3.17. The SMILES string of the molecule is N#Cc1ccccc1COc1ccc(-c2nc3sc4c(c3c(=O)[nH]2)CCCC4)cc1. The Kier molecular flexibility index (Phi) is 4.82. The first kappa shape index (κ1) is 18.6. The van der Waals surface area contributed by atoms with E-state index in [1.54, 1.807) is 17.4 Å². The molecule has 148 valence electrons. The fraction of sp³-hybridized carbons (Fsp3) is 0.208. The fourth-order valence-corrected chi connectivity index (χ4v) is 5.19. The van der Waals surface area contributed by atoms with Gasteiger partial charge in [0.15, 0.2) is 0 Å². The monoisotopic (exact) mass is 413 g/mol. The molecule has 0 radical (unpaired) electrons. The Hall–Kier alpha value is -3.43. The maximum atomic E-state index is 12.8. The van der Waals surface area contributed by atoms with Crippen LogP contribution in [-0.4, -0.2) is 9.97 Å². The number of aryl methyl sites for hydroxylation is 2. The summed E-state index contributed by atoms with van der Waals surface area (Å²) in [6.45, 7) is 0.324. The van der Waals surface area contributed by atoms with Crippen molar-refractivity contribution >= 4 is 21.6 Å². The van der Waals surface area contributed by atoms with Gasteiger partial charge in [-0.3, -0.25) is 4.79 Å². The normalized spacial score (nSPS) is 13.0. The molecule has 2 aromatic carbocycles. The van der Waals surface area contributed by atoms with Crippen LogP contribution in [0.15, 0.2) is 53.3 Å². The molecule has 0 spiro atoms. The second kappa shape index (κ2) is 7.77. The number of aromatic amines is 1. The molecular weight excluding hydrogens is 394 g/mol. The van der Waals surface area contributed by atoms with Gasteiger partial charge in [-0.25, -0.2) is 4.98 Å². The second-order valence-electron chi connectivity index (χ2n) is 7.39. The van der Waals surface area contributed by atoms with Crippen LogP contribution < -0.4 is 10.3 Å². The van der Waals surface area contributed by atoms with Gasteiger partial charge in [0.25, 0.3) is 5.56 Å². The minimum Gasteiger partial charge on any atom is -0.489 e. The molecule has 2 aromatic heterocycles. The molecule has 5 nitrogen and oxygen atoms in total. The summed E-state index contributed by atoms with van der Waals surface area (Å²) in [6.07, 6.45) is 4.34. The summed E-state index contributed by atoms with van der Waals surface area (Å²) in [5.41, 5.74) is 3.45. The van der Waals surface area contributed by atoms with Crippen molar-refractivity contribution in [1.29, 1.82) is 5.26 Å². The Morgan fingerprint density at radius 1 is 1.10 bits per heavy atom. The molecule has 2 heterocycles. The molecule has 4 aromatic rings. The molecule has 1 aliphatic rings. The predicted octanol–water partition coefficient (Wildman–Crippen LogP) is 4.98. The van der Waals surface area contributed by atoms with Gasteiger partial charge in [0.2, 0.25) is 0 Å². The van der Waals surface area contributed by atoms with Crippen molar-refractivity contribution in [3.63, 3.8) is 0 Å². The minimum absolute atomic E-state index is 0.0529. The lowest BCUT2D eigenvalue weighted by Gasteiger charge is -2.09. The number of thiophene rings is 1. The van der Waals surface area contributed by atoms with E-state index >= 15 is 0 Å². The number of hydrogen-bond donors (Lipinski definition) is 1. The van der Waals surface area contributed by atoms with Crippen LogP contribution in [-0.2, 0) is 19.4 Å². The van der Waals surface area contributed by atoms with Crippen molar-refractivity contribution in [3.05, 3.63) is 80.5 Å². The third-order valence-electron chi connectivity index (χ3n) is 5.48. The van der Waals surface area contributed by atoms with Gasteiger partial charge in [-0.15, -0.1) is 11.3 Å². The average molecular weight is 414 g/mol. The van der Waals surface area contributed by atoms with Gasteiger partial charge in [0.1, 0.15) is 23.0 Å². The second-order valence-corrected chi connectivity index (χ2v) is 8.47. The van der Waals surface area contributed by atoms with Crippen LogP contribution in [0.4, 0.5) is 0 Å². The number of benzene rings is 2. The van der Waals surface area contributed by atoms with Crippen LogP contribution in [0, 0.1) is 11.3 Å². The predicted molar refractivity (Wildman–Crippen MR) is 118 cm³/mol. The summed E-state index contributed by atoms with van der Waals surface area (Å²) in [5, 5.41) is 9.96. The quantitative estimate of drug-likeness (QED) is 0.512. The lowest BCUT2D eigenvalue weighted by Crippen LogP contribution is -2.11. The number of aromatic nitrogens is 2. The van der Waals surface area contributed by atoms with Crippen LogP contribution in [0.25, 0.3) is 21.6 Å². The third-order valence-corrected chi connectivity index (χ3v) is 6.67. The van der Waals surface area contributed by atoms with Crippen LogP contribution in [0.3, 0.4) is 0 Å². The highest BCUT2D eigenvalue weighted by molar-refractivity contribution is 7.18. The smallest absolute Gasteiger partial charge is 0.260 e. The molecule has 6 heteroatoms. The summed E-state index contributed by atoms with van der Waals surface area (Å²) in [5.74, 6) is 1.27. The van der Waals surface area contributed by atoms with Gasteiger partial charge in [-0.2, -0.15) is 5.26 Å². The largest absolute Gasteiger partial charge is 0.489 e. The van der Waals surface area contributed by atoms with Crippen LogP contribution in [0.1, 0.15) is 34.4 Å². The molecule has 0 saturated heterocycles. The number of fused-ring (bicyclic) bond motifs is 3. The third kappa shape index (κ3) is 3.38. The maximum absolute atomic E-state index is 12.8. The zero-order valence-corrected chi connectivity index (χ0v) is 17.1. The van der Waals surface area contributed by atoms with Crippen molar-refractivity contribution in [2.75, 3.05) is 0 Å². The molecular formula is C24H19N3O2S. The zero-order chi connectivity index (χ0) is 20.5. The van der Waals surface area contributed by atoms with E-state index < -0.39 is 0 Å². The van der Waals surface area contributed by atoms with Gasteiger partial charge >= 0.3 is 0 Å². The van der Waals surface area contributed by atoms with Crippen molar-refractivity contribution in [3.8, 4) is 23.2 Å². The van der Waals surface area contributed by atoms with E-state index in [9.17, 15) is 10.1 Å². The summed E-state index contributed by atoms with van der Waals surface area (Å²) in [7, 11) is 0. The Labute approximate surface area is 177 Å². The van der Waals surface area contributed by atoms with E-state index in [0.717, 1.165) is 40.6 Å². The van der Waals surface area contributed by atoms with Crippen LogP contribution >= 0.6 is 11.3 Å². The molecule has 0 bridgehead atoms. The van der Waals surface area contributed by atoms with Crippen LogP contribution in [0.5, 0.6) is 5.75 Å². The number of nitriles is 1. The Balaban J connectivity index is 1.39. The fourth-order valence-electron chi connectivity index (χ4n) is 3.93. The molecule has 30 heavy (non-hydrogen) atoms. The van der Waals surface area contributed by atoms with Gasteiger partial charge < -0.3 is 9.72 Å². The van der Waals surface area contributed by atoms with E-state index in [-0.39, 0.29) is 5.56 Å². The van der Waals surface area contributed by atoms with Gasteiger partial charge in [0.05, 0.1) is 17.0 Å². The maximum Gasteiger partial charge on any atom is 0.260 e. The summed E-state index contributed by atoms with van der Waals surface area (Å²) in [4.78, 5) is 22.6. The Morgan fingerprint density at radius 2 is 1.90 bits per heavy atom. The molecule has 1 N–H and O–H groups in total. The first-order valence-electron chi connectivity index (χ1n) is 9.99. The van der Waals surface area contributed by atoms with Crippen molar-refractivity contribution < 1.29 is 4.74 Å². The first-order valence-corrected chi connectivity index (χ1v) is 10.8. The number of rotatable bonds is 4. The summed E-state index contributed by atoms with van der Waals surface area (Å²) < 4.78 is 5.83. The van der Waals surface area contributed by atoms with Crippen molar-refractivity contribution in [1.82, 2.24) is 9.97 Å². The zero-order valence-electron chi connectivity index (χ0n) is 16.3. The molecule has 0 saturated carbocycles.